The molecule has 0 aromatic rings. The number of rotatable bonds is 5. The molecule has 1 saturated carbocycles. The molecule has 0 bridgehead atoms. The van der Waals surface area contributed by atoms with Crippen LogP contribution in [0.2, 0.25) is 0 Å². The molecule has 2 atom stereocenters. The minimum absolute atomic E-state index is 0.0625. The van der Waals surface area contributed by atoms with Crippen molar-refractivity contribution in [1.82, 2.24) is 10.6 Å². The third-order valence-electron chi connectivity index (χ3n) is 3.88. The average molecular weight is 240 g/mol. The molecule has 0 spiro atoms. The second-order valence-corrected chi connectivity index (χ2v) is 5.17. The van der Waals surface area contributed by atoms with Crippen LogP contribution in [0.5, 0.6) is 0 Å². The van der Waals surface area contributed by atoms with Gasteiger partial charge in [0.2, 0.25) is 5.91 Å². The van der Waals surface area contributed by atoms with Gasteiger partial charge in [-0.15, -0.1) is 0 Å². The van der Waals surface area contributed by atoms with E-state index in [9.17, 15) is 9.59 Å². The second kappa shape index (κ2) is 5.49. The average Bonchev–Trinajstić information content (AvgIpc) is 2.68. The monoisotopic (exact) mass is 240 g/mol. The molecule has 2 unspecified atom stereocenters. The van der Waals surface area contributed by atoms with Crippen LogP contribution in [-0.2, 0) is 9.59 Å². The summed E-state index contributed by atoms with van der Waals surface area (Å²) in [5.74, 6) is -0.331. The zero-order valence-electron chi connectivity index (χ0n) is 9.95. The normalized spacial score (nSPS) is 28.7. The summed E-state index contributed by atoms with van der Waals surface area (Å²) in [7, 11) is 0. The first-order valence-corrected chi connectivity index (χ1v) is 6.37. The lowest BCUT2D eigenvalue weighted by atomic mass is 9.95. The summed E-state index contributed by atoms with van der Waals surface area (Å²) in [6.45, 7) is 2.37. The van der Waals surface area contributed by atoms with Crippen LogP contribution < -0.4 is 10.6 Å². The van der Waals surface area contributed by atoms with Gasteiger partial charge in [0, 0.05) is 13.0 Å². The molecule has 1 saturated heterocycles. The van der Waals surface area contributed by atoms with Gasteiger partial charge in [0.15, 0.2) is 0 Å². The first-order valence-electron chi connectivity index (χ1n) is 6.37. The van der Waals surface area contributed by atoms with Crippen LogP contribution in [0.15, 0.2) is 0 Å². The summed E-state index contributed by atoms with van der Waals surface area (Å²) in [6.07, 6.45) is 3.20. The summed E-state index contributed by atoms with van der Waals surface area (Å²) in [5, 5.41) is 15.0. The largest absolute Gasteiger partial charge is 0.481 e. The van der Waals surface area contributed by atoms with Gasteiger partial charge in [0.05, 0.1) is 5.92 Å². The summed E-state index contributed by atoms with van der Waals surface area (Å²) >= 11 is 0. The number of carboxylic acid groups (broad SMARTS) is 1. The van der Waals surface area contributed by atoms with E-state index in [1.165, 1.54) is 0 Å². The van der Waals surface area contributed by atoms with Crippen molar-refractivity contribution in [3.63, 3.8) is 0 Å². The number of carbonyl (C=O) groups excluding carboxylic acids is 1. The second-order valence-electron chi connectivity index (χ2n) is 5.17. The number of amides is 1. The van der Waals surface area contributed by atoms with Crippen molar-refractivity contribution in [2.24, 2.45) is 17.8 Å². The third-order valence-corrected chi connectivity index (χ3v) is 3.88. The molecule has 1 aliphatic carbocycles. The van der Waals surface area contributed by atoms with Crippen molar-refractivity contribution in [2.75, 3.05) is 19.6 Å². The molecule has 5 nitrogen and oxygen atoms in total. The number of hydrogen-bond donors (Lipinski definition) is 3. The van der Waals surface area contributed by atoms with Crippen molar-refractivity contribution >= 4 is 11.9 Å². The highest BCUT2D eigenvalue weighted by Gasteiger charge is 2.33. The van der Waals surface area contributed by atoms with Crippen LogP contribution in [0, 0.1) is 17.8 Å². The zero-order valence-corrected chi connectivity index (χ0v) is 9.95. The van der Waals surface area contributed by atoms with Gasteiger partial charge in [-0.3, -0.25) is 9.59 Å². The number of hydrogen-bond acceptors (Lipinski definition) is 3. The van der Waals surface area contributed by atoms with E-state index in [-0.39, 0.29) is 17.7 Å². The van der Waals surface area contributed by atoms with E-state index in [2.05, 4.69) is 10.6 Å². The fourth-order valence-electron chi connectivity index (χ4n) is 2.68. The number of carbonyl (C=O) groups is 2. The lowest BCUT2D eigenvalue weighted by Gasteiger charge is -2.26. The van der Waals surface area contributed by atoms with Gasteiger partial charge in [-0.25, -0.2) is 0 Å². The maximum Gasteiger partial charge on any atom is 0.306 e. The number of carboxylic acids is 1. The Morgan fingerprint density at radius 2 is 2.06 bits per heavy atom. The van der Waals surface area contributed by atoms with Crippen LogP contribution in [0.1, 0.15) is 25.7 Å². The summed E-state index contributed by atoms with van der Waals surface area (Å²) in [4.78, 5) is 22.6. The molecule has 0 radical (unpaired) electrons. The SMILES string of the molecule is O=C(CC1CNC1)NCC1CCCC1C(=O)O. The smallest absolute Gasteiger partial charge is 0.306 e. The Morgan fingerprint density at radius 3 is 2.65 bits per heavy atom. The Kier molecular flexibility index (Phi) is 3.99. The third kappa shape index (κ3) is 3.19. The van der Waals surface area contributed by atoms with Crippen molar-refractivity contribution in [1.29, 1.82) is 0 Å². The molecule has 5 heteroatoms. The first kappa shape index (κ1) is 12.4. The van der Waals surface area contributed by atoms with Crippen LogP contribution in [0.25, 0.3) is 0 Å². The Labute approximate surface area is 101 Å². The fraction of sp³-hybridized carbons (Fsp3) is 0.833. The highest BCUT2D eigenvalue weighted by atomic mass is 16.4. The molecule has 1 aliphatic heterocycles. The molecule has 2 rings (SSSR count). The molecule has 17 heavy (non-hydrogen) atoms. The predicted octanol–water partition coefficient (Wildman–Crippen LogP) is 0.213. The molecular formula is C12H20N2O3. The molecule has 1 amide bonds. The lowest BCUT2D eigenvalue weighted by molar-refractivity contribution is -0.143. The number of aliphatic carboxylic acids is 1. The van der Waals surface area contributed by atoms with Crippen molar-refractivity contribution < 1.29 is 14.7 Å². The van der Waals surface area contributed by atoms with E-state index in [0.29, 0.717) is 18.9 Å². The molecule has 2 fully saturated rings. The van der Waals surface area contributed by atoms with E-state index >= 15 is 0 Å². The van der Waals surface area contributed by atoms with Crippen molar-refractivity contribution in [3.8, 4) is 0 Å². The van der Waals surface area contributed by atoms with Crippen molar-refractivity contribution in [3.05, 3.63) is 0 Å². The van der Waals surface area contributed by atoms with Crippen LogP contribution in [0.3, 0.4) is 0 Å². The summed E-state index contributed by atoms with van der Waals surface area (Å²) in [6, 6.07) is 0. The molecule has 2 aliphatic rings. The highest BCUT2D eigenvalue weighted by molar-refractivity contribution is 5.76. The van der Waals surface area contributed by atoms with Crippen LogP contribution in [-0.4, -0.2) is 36.6 Å². The van der Waals surface area contributed by atoms with Gasteiger partial charge in [-0.1, -0.05) is 6.42 Å². The van der Waals surface area contributed by atoms with E-state index in [1.54, 1.807) is 0 Å². The van der Waals surface area contributed by atoms with E-state index in [4.69, 9.17) is 5.11 Å². The van der Waals surface area contributed by atoms with E-state index in [0.717, 1.165) is 32.4 Å². The molecule has 1 heterocycles. The van der Waals surface area contributed by atoms with E-state index < -0.39 is 5.97 Å². The van der Waals surface area contributed by atoms with Gasteiger partial charge in [-0.2, -0.15) is 0 Å². The highest BCUT2D eigenvalue weighted by Crippen LogP contribution is 2.31. The predicted molar refractivity (Wildman–Crippen MR) is 62.5 cm³/mol. The minimum Gasteiger partial charge on any atom is -0.481 e. The van der Waals surface area contributed by atoms with Crippen LogP contribution >= 0.6 is 0 Å². The molecular weight excluding hydrogens is 220 g/mol. The Balaban J connectivity index is 1.69. The molecule has 3 N–H and O–H groups in total. The Morgan fingerprint density at radius 1 is 1.29 bits per heavy atom. The van der Waals surface area contributed by atoms with Gasteiger partial charge >= 0.3 is 5.97 Å². The minimum atomic E-state index is -0.718. The fourth-order valence-corrected chi connectivity index (χ4v) is 2.68. The van der Waals surface area contributed by atoms with Gasteiger partial charge in [0.25, 0.3) is 0 Å². The topological polar surface area (TPSA) is 78.4 Å². The van der Waals surface area contributed by atoms with Crippen molar-refractivity contribution in [2.45, 2.75) is 25.7 Å². The summed E-state index contributed by atoms with van der Waals surface area (Å²) in [5.41, 5.74) is 0. The Hall–Kier alpha value is -1.10. The quantitative estimate of drug-likeness (QED) is 0.642. The standard InChI is InChI=1S/C12H20N2O3/c15-11(4-8-5-13-6-8)14-7-9-2-1-3-10(9)12(16)17/h8-10,13H,1-7H2,(H,14,15)(H,16,17). The number of nitrogens with one attached hydrogen (secondary N) is 2. The molecule has 96 valence electrons. The van der Waals surface area contributed by atoms with Crippen LogP contribution in [0.4, 0.5) is 0 Å². The van der Waals surface area contributed by atoms with E-state index in [1.807, 2.05) is 0 Å². The molecule has 0 aromatic heterocycles. The maximum absolute atomic E-state index is 11.6. The Bertz CT molecular complexity index is 302. The van der Waals surface area contributed by atoms with Gasteiger partial charge in [-0.05, 0) is 37.8 Å². The van der Waals surface area contributed by atoms with Gasteiger partial charge in [0.1, 0.15) is 0 Å². The maximum atomic E-state index is 11.6. The summed E-state index contributed by atoms with van der Waals surface area (Å²) < 4.78 is 0. The first-order chi connectivity index (χ1) is 8.16. The van der Waals surface area contributed by atoms with Gasteiger partial charge < -0.3 is 15.7 Å². The zero-order chi connectivity index (χ0) is 12.3. The molecule has 0 aromatic carbocycles. The lowest BCUT2D eigenvalue weighted by Crippen LogP contribution is -2.45.